The van der Waals surface area contributed by atoms with Gasteiger partial charge in [-0.15, -0.1) is 0 Å². The Labute approximate surface area is 131 Å². The molecule has 0 spiro atoms. The van der Waals surface area contributed by atoms with Crippen LogP contribution >= 0.6 is 0 Å². The van der Waals surface area contributed by atoms with Gasteiger partial charge < -0.3 is 15.7 Å². The molecule has 3 N–H and O–H groups in total. The van der Waals surface area contributed by atoms with E-state index in [9.17, 15) is 19.1 Å². The predicted octanol–water partition coefficient (Wildman–Crippen LogP) is 0.0228. The van der Waals surface area contributed by atoms with Gasteiger partial charge in [-0.2, -0.15) is 0 Å². The first-order valence-electron chi connectivity index (χ1n) is 6.80. The Hall–Kier alpha value is -2.87. The van der Waals surface area contributed by atoms with E-state index in [-0.39, 0.29) is 18.1 Å². The second-order valence-electron chi connectivity index (χ2n) is 4.64. The number of aliphatic hydroxyl groups is 1. The molecule has 23 heavy (non-hydrogen) atoms. The number of rotatable bonds is 6. The minimum absolute atomic E-state index is 0.0392. The highest BCUT2D eigenvalue weighted by atomic mass is 19.1. The third-order valence-electron chi connectivity index (χ3n) is 2.98. The van der Waals surface area contributed by atoms with E-state index in [1.165, 1.54) is 42.9 Å². The molecule has 0 aliphatic rings. The average Bonchev–Trinajstić information content (AvgIpc) is 2.59. The molecule has 1 atom stereocenters. The number of benzene rings is 1. The number of carbonyl (C=O) groups excluding carboxylic acids is 2. The Morgan fingerprint density at radius 3 is 2.57 bits per heavy atom. The predicted molar refractivity (Wildman–Crippen MR) is 78.6 cm³/mol. The van der Waals surface area contributed by atoms with Crippen molar-refractivity contribution in [2.75, 3.05) is 6.61 Å². The van der Waals surface area contributed by atoms with Gasteiger partial charge in [0.05, 0.1) is 12.8 Å². The lowest BCUT2D eigenvalue weighted by atomic mass is 10.2. The van der Waals surface area contributed by atoms with Crippen molar-refractivity contribution in [1.82, 2.24) is 20.6 Å². The molecule has 0 saturated heterocycles. The highest BCUT2D eigenvalue weighted by Gasteiger charge is 2.21. The van der Waals surface area contributed by atoms with Crippen LogP contribution in [0.15, 0.2) is 42.9 Å². The summed E-state index contributed by atoms with van der Waals surface area (Å²) < 4.78 is 12.8. The molecule has 0 aliphatic heterocycles. The van der Waals surface area contributed by atoms with Crippen LogP contribution in [0.1, 0.15) is 16.1 Å². The summed E-state index contributed by atoms with van der Waals surface area (Å²) >= 11 is 0. The summed E-state index contributed by atoms with van der Waals surface area (Å²) in [6, 6.07) is 4.50. The van der Waals surface area contributed by atoms with Crippen LogP contribution in [-0.2, 0) is 11.3 Å². The zero-order valence-electron chi connectivity index (χ0n) is 12.1. The smallest absolute Gasteiger partial charge is 0.272 e. The van der Waals surface area contributed by atoms with E-state index in [2.05, 4.69) is 20.6 Å². The van der Waals surface area contributed by atoms with Crippen molar-refractivity contribution in [3.05, 3.63) is 59.9 Å². The summed E-state index contributed by atoms with van der Waals surface area (Å²) in [6.45, 7) is -0.419. The van der Waals surface area contributed by atoms with E-state index in [4.69, 9.17) is 0 Å². The molecular formula is C15H15FN4O3. The molecule has 0 unspecified atom stereocenters. The number of hydrogen-bond acceptors (Lipinski definition) is 5. The van der Waals surface area contributed by atoms with E-state index in [1.54, 1.807) is 0 Å². The fourth-order valence-electron chi connectivity index (χ4n) is 1.76. The number of nitrogens with zero attached hydrogens (tertiary/aromatic N) is 2. The van der Waals surface area contributed by atoms with E-state index in [0.717, 1.165) is 0 Å². The summed E-state index contributed by atoms with van der Waals surface area (Å²) in [7, 11) is 0. The normalized spacial score (nSPS) is 11.6. The van der Waals surface area contributed by atoms with Crippen molar-refractivity contribution in [3.8, 4) is 0 Å². The lowest BCUT2D eigenvalue weighted by molar-refractivity contribution is -0.124. The second-order valence-corrected chi connectivity index (χ2v) is 4.64. The largest absolute Gasteiger partial charge is 0.394 e. The van der Waals surface area contributed by atoms with E-state index >= 15 is 0 Å². The molecule has 0 saturated carbocycles. The van der Waals surface area contributed by atoms with Gasteiger partial charge in [0.15, 0.2) is 0 Å². The molecule has 120 valence electrons. The molecule has 0 aliphatic carbocycles. The Kier molecular flexibility index (Phi) is 5.70. The first-order valence-corrected chi connectivity index (χ1v) is 6.80. The lowest BCUT2D eigenvalue weighted by Crippen LogP contribution is -2.48. The van der Waals surface area contributed by atoms with Gasteiger partial charge in [0.25, 0.3) is 5.91 Å². The molecule has 2 aromatic rings. The number of aromatic nitrogens is 2. The fourth-order valence-corrected chi connectivity index (χ4v) is 1.76. The van der Waals surface area contributed by atoms with Crippen LogP contribution in [0.5, 0.6) is 0 Å². The zero-order valence-corrected chi connectivity index (χ0v) is 12.1. The van der Waals surface area contributed by atoms with Gasteiger partial charge in [-0.3, -0.25) is 14.6 Å². The number of carbonyl (C=O) groups is 2. The number of aliphatic hydroxyl groups excluding tert-OH is 1. The highest BCUT2D eigenvalue weighted by Crippen LogP contribution is 2.02. The third-order valence-corrected chi connectivity index (χ3v) is 2.98. The Balaban J connectivity index is 1.90. The van der Waals surface area contributed by atoms with Crippen LogP contribution in [0.3, 0.4) is 0 Å². The van der Waals surface area contributed by atoms with Gasteiger partial charge in [0, 0.05) is 18.9 Å². The molecule has 1 heterocycles. The SMILES string of the molecule is O=C(N[C@@H](CO)C(=O)NCc1ccc(F)cc1)c1cnccn1. The van der Waals surface area contributed by atoms with Gasteiger partial charge in [0.2, 0.25) is 5.91 Å². The van der Waals surface area contributed by atoms with Crippen LogP contribution in [0.25, 0.3) is 0 Å². The first kappa shape index (κ1) is 16.5. The molecule has 1 aromatic carbocycles. The summed E-state index contributed by atoms with van der Waals surface area (Å²) in [5.41, 5.74) is 0.731. The third kappa shape index (κ3) is 4.82. The topological polar surface area (TPSA) is 104 Å². The van der Waals surface area contributed by atoms with Crippen LogP contribution < -0.4 is 10.6 Å². The van der Waals surface area contributed by atoms with Crippen molar-refractivity contribution in [2.24, 2.45) is 0 Å². The molecule has 0 radical (unpaired) electrons. The molecule has 2 amide bonds. The Morgan fingerprint density at radius 1 is 1.22 bits per heavy atom. The maximum absolute atomic E-state index is 12.8. The fraction of sp³-hybridized carbons (Fsp3) is 0.200. The number of nitrogens with one attached hydrogen (secondary N) is 2. The number of hydrogen-bond donors (Lipinski definition) is 3. The molecule has 0 bridgehead atoms. The van der Waals surface area contributed by atoms with Gasteiger partial charge in [0.1, 0.15) is 17.6 Å². The maximum Gasteiger partial charge on any atom is 0.272 e. The van der Waals surface area contributed by atoms with E-state index < -0.39 is 24.5 Å². The van der Waals surface area contributed by atoms with E-state index in [1.807, 2.05) is 0 Å². The van der Waals surface area contributed by atoms with Gasteiger partial charge in [-0.25, -0.2) is 9.37 Å². The first-order chi connectivity index (χ1) is 11.1. The molecule has 8 heteroatoms. The van der Waals surface area contributed by atoms with Crippen LogP contribution in [-0.4, -0.2) is 39.5 Å². The highest BCUT2D eigenvalue weighted by molar-refractivity contribution is 5.95. The molecular weight excluding hydrogens is 303 g/mol. The summed E-state index contributed by atoms with van der Waals surface area (Å²) in [5, 5.41) is 14.2. The Morgan fingerprint density at radius 2 is 1.96 bits per heavy atom. The minimum atomic E-state index is -1.12. The van der Waals surface area contributed by atoms with Gasteiger partial charge in [-0.1, -0.05) is 12.1 Å². The lowest BCUT2D eigenvalue weighted by Gasteiger charge is -2.16. The van der Waals surface area contributed by atoms with Crippen LogP contribution in [0.4, 0.5) is 4.39 Å². The van der Waals surface area contributed by atoms with Crippen LogP contribution in [0.2, 0.25) is 0 Å². The maximum atomic E-state index is 12.8. The van der Waals surface area contributed by atoms with Crippen molar-refractivity contribution in [1.29, 1.82) is 0 Å². The average molecular weight is 318 g/mol. The van der Waals surface area contributed by atoms with Crippen molar-refractivity contribution >= 4 is 11.8 Å². The standard InChI is InChI=1S/C15H15FN4O3/c16-11-3-1-10(2-4-11)7-19-14(22)13(9-21)20-15(23)12-8-17-5-6-18-12/h1-6,8,13,21H,7,9H2,(H,19,22)(H,20,23)/t13-/m0/s1. The molecule has 1 aromatic heterocycles. The van der Waals surface area contributed by atoms with Crippen LogP contribution in [0, 0.1) is 5.82 Å². The van der Waals surface area contributed by atoms with Gasteiger partial charge >= 0.3 is 0 Å². The summed E-state index contributed by atoms with van der Waals surface area (Å²) in [6.07, 6.45) is 4.01. The zero-order chi connectivity index (χ0) is 16.7. The second kappa shape index (κ2) is 7.95. The van der Waals surface area contributed by atoms with Gasteiger partial charge in [-0.05, 0) is 17.7 Å². The summed E-state index contributed by atoms with van der Waals surface area (Å²) in [4.78, 5) is 31.4. The van der Waals surface area contributed by atoms with Crippen molar-refractivity contribution < 1.29 is 19.1 Å². The quantitative estimate of drug-likeness (QED) is 0.697. The Bertz CT molecular complexity index is 664. The van der Waals surface area contributed by atoms with Crippen molar-refractivity contribution in [2.45, 2.75) is 12.6 Å². The number of amides is 2. The van der Waals surface area contributed by atoms with E-state index in [0.29, 0.717) is 5.56 Å². The monoisotopic (exact) mass is 318 g/mol. The minimum Gasteiger partial charge on any atom is -0.394 e. The molecule has 0 fully saturated rings. The van der Waals surface area contributed by atoms with Crippen molar-refractivity contribution in [3.63, 3.8) is 0 Å². The number of halogens is 1. The molecule has 7 nitrogen and oxygen atoms in total. The molecule has 2 rings (SSSR count). The summed E-state index contributed by atoms with van der Waals surface area (Å²) in [5.74, 6) is -1.55.